The van der Waals surface area contributed by atoms with Gasteiger partial charge in [-0.15, -0.1) is 0 Å². The minimum absolute atomic E-state index is 0.0375. The van der Waals surface area contributed by atoms with Crippen molar-refractivity contribution in [3.05, 3.63) is 24.3 Å². The Bertz CT molecular complexity index is 1030. The Kier molecular flexibility index (Phi) is 15.0. The molecule has 1 saturated heterocycles. The number of nitrogens with two attached hydrogens (primary N) is 1. The molecule has 1 aliphatic heterocycles. The number of methoxy groups -OCH3 is 2. The first-order chi connectivity index (χ1) is 20.1. The summed E-state index contributed by atoms with van der Waals surface area (Å²) in [5.74, 6) is 1.44. The molecule has 1 amide bonds. The van der Waals surface area contributed by atoms with Crippen LogP contribution < -0.4 is 30.7 Å². The molecule has 2 heterocycles. The number of carbonyl (C=O) groups excluding carboxylic acids is 1. The van der Waals surface area contributed by atoms with E-state index in [0.29, 0.717) is 81.3 Å². The highest BCUT2D eigenvalue weighted by Gasteiger charge is 2.24. The van der Waals surface area contributed by atoms with E-state index in [9.17, 15) is 4.79 Å². The quantitative estimate of drug-likeness (QED) is 0.206. The van der Waals surface area contributed by atoms with Crippen LogP contribution in [0.4, 0.5) is 11.6 Å². The second-order valence-corrected chi connectivity index (χ2v) is 10.3. The van der Waals surface area contributed by atoms with Gasteiger partial charge in [0.25, 0.3) is 0 Å². The standard InChI is InChI=1S/C28H44N6O6S/c1-4-24(35)31-22-6-5-7-23(20-22)41-25-26(36-2)32-28(33-27(25)37-3)34-12-8-21(9-13-34)30-11-15-39-17-19-40-18-16-38-14-10-29/h5-7,20-21,30H,4,8-19,29H2,1-3H3,(H,31,35). The Morgan fingerprint density at radius 1 is 1.00 bits per heavy atom. The summed E-state index contributed by atoms with van der Waals surface area (Å²) in [5.41, 5.74) is 6.10. The van der Waals surface area contributed by atoms with Gasteiger partial charge in [0, 0.05) is 49.2 Å². The molecule has 0 aliphatic carbocycles. The van der Waals surface area contributed by atoms with E-state index in [1.54, 1.807) is 14.2 Å². The van der Waals surface area contributed by atoms with Crippen LogP contribution in [0.2, 0.25) is 0 Å². The first-order valence-corrected chi connectivity index (χ1v) is 14.9. The highest BCUT2D eigenvalue weighted by atomic mass is 32.2. The van der Waals surface area contributed by atoms with Gasteiger partial charge in [-0.1, -0.05) is 24.8 Å². The zero-order valence-corrected chi connectivity index (χ0v) is 25.2. The van der Waals surface area contributed by atoms with Gasteiger partial charge < -0.3 is 45.0 Å². The molecule has 2 aromatic rings. The number of aromatic nitrogens is 2. The third kappa shape index (κ3) is 11.3. The average Bonchev–Trinajstić information content (AvgIpc) is 3.00. The van der Waals surface area contributed by atoms with Crippen molar-refractivity contribution in [3.8, 4) is 11.8 Å². The molecule has 1 aromatic heterocycles. The van der Waals surface area contributed by atoms with E-state index in [0.717, 1.165) is 43.1 Å². The number of piperidine rings is 1. The third-order valence-corrected chi connectivity index (χ3v) is 7.34. The summed E-state index contributed by atoms with van der Waals surface area (Å²) in [5, 5.41) is 6.46. The molecule has 12 nitrogen and oxygen atoms in total. The molecule has 0 radical (unpaired) electrons. The molecule has 3 rings (SSSR count). The minimum Gasteiger partial charge on any atom is -0.480 e. The Balaban J connectivity index is 1.45. The molecule has 4 N–H and O–H groups in total. The Morgan fingerprint density at radius 3 is 2.24 bits per heavy atom. The molecule has 41 heavy (non-hydrogen) atoms. The number of hydrogen-bond donors (Lipinski definition) is 3. The smallest absolute Gasteiger partial charge is 0.236 e. The van der Waals surface area contributed by atoms with Crippen LogP contribution in [0.25, 0.3) is 0 Å². The normalized spacial score (nSPS) is 13.8. The molecule has 0 unspecified atom stereocenters. The number of hydrogen-bond acceptors (Lipinski definition) is 12. The summed E-state index contributed by atoms with van der Waals surface area (Å²) in [6.07, 6.45) is 2.35. The van der Waals surface area contributed by atoms with Crippen molar-refractivity contribution in [3.63, 3.8) is 0 Å². The fraction of sp³-hybridized carbons (Fsp3) is 0.607. The van der Waals surface area contributed by atoms with Gasteiger partial charge in [-0.05, 0) is 31.0 Å². The number of nitrogens with zero attached hydrogens (tertiary/aromatic N) is 3. The van der Waals surface area contributed by atoms with E-state index in [1.807, 2.05) is 31.2 Å². The van der Waals surface area contributed by atoms with Crippen LogP contribution in [-0.2, 0) is 19.0 Å². The van der Waals surface area contributed by atoms with Gasteiger partial charge in [0.05, 0.1) is 53.9 Å². The fourth-order valence-corrected chi connectivity index (χ4v) is 5.15. The van der Waals surface area contributed by atoms with Gasteiger partial charge in [-0.25, -0.2) is 0 Å². The van der Waals surface area contributed by atoms with Gasteiger partial charge >= 0.3 is 0 Å². The van der Waals surface area contributed by atoms with E-state index in [-0.39, 0.29) is 5.91 Å². The molecule has 0 saturated carbocycles. The zero-order valence-electron chi connectivity index (χ0n) is 24.4. The summed E-state index contributed by atoms with van der Waals surface area (Å²) in [4.78, 5) is 25.0. The van der Waals surface area contributed by atoms with Gasteiger partial charge in [-0.3, -0.25) is 4.79 Å². The summed E-state index contributed by atoms with van der Waals surface area (Å²) in [6.45, 7) is 8.19. The van der Waals surface area contributed by atoms with Crippen LogP contribution in [0.15, 0.2) is 34.1 Å². The maximum Gasteiger partial charge on any atom is 0.236 e. The predicted octanol–water partition coefficient (Wildman–Crippen LogP) is 2.56. The molecule has 1 aromatic carbocycles. The van der Waals surface area contributed by atoms with Gasteiger partial charge in [-0.2, -0.15) is 9.97 Å². The molecule has 0 spiro atoms. The van der Waals surface area contributed by atoms with E-state index in [1.165, 1.54) is 11.8 Å². The molecule has 13 heteroatoms. The molecule has 1 fully saturated rings. The van der Waals surface area contributed by atoms with Crippen LogP contribution in [0.1, 0.15) is 26.2 Å². The first-order valence-electron chi connectivity index (χ1n) is 14.1. The van der Waals surface area contributed by atoms with Gasteiger partial charge in [0.2, 0.25) is 23.6 Å². The molecule has 0 bridgehead atoms. The van der Waals surface area contributed by atoms with Crippen molar-refractivity contribution in [2.75, 3.05) is 90.3 Å². The topological polar surface area (TPSA) is 142 Å². The van der Waals surface area contributed by atoms with Crippen molar-refractivity contribution in [1.29, 1.82) is 0 Å². The number of anilines is 2. The Labute approximate surface area is 247 Å². The van der Waals surface area contributed by atoms with Crippen LogP contribution in [0, 0.1) is 0 Å². The van der Waals surface area contributed by atoms with Crippen molar-refractivity contribution in [1.82, 2.24) is 15.3 Å². The third-order valence-electron chi connectivity index (χ3n) is 6.30. The van der Waals surface area contributed by atoms with Crippen LogP contribution in [-0.4, -0.2) is 102 Å². The monoisotopic (exact) mass is 592 g/mol. The van der Waals surface area contributed by atoms with E-state index >= 15 is 0 Å². The van der Waals surface area contributed by atoms with Gasteiger partial charge in [0.15, 0.2) is 0 Å². The average molecular weight is 593 g/mol. The van der Waals surface area contributed by atoms with Crippen LogP contribution in [0.5, 0.6) is 11.8 Å². The highest BCUT2D eigenvalue weighted by molar-refractivity contribution is 7.99. The molecule has 1 aliphatic rings. The van der Waals surface area contributed by atoms with Crippen LogP contribution in [0.3, 0.4) is 0 Å². The van der Waals surface area contributed by atoms with Crippen molar-refractivity contribution < 1.29 is 28.5 Å². The summed E-state index contributed by atoms with van der Waals surface area (Å²) in [6, 6.07) is 8.02. The second kappa shape index (κ2) is 18.7. The summed E-state index contributed by atoms with van der Waals surface area (Å²) >= 11 is 1.43. The first kappa shape index (κ1) is 32.8. The molecule has 228 valence electrons. The number of carbonyl (C=O) groups is 1. The lowest BCUT2D eigenvalue weighted by Crippen LogP contribution is -2.44. The largest absolute Gasteiger partial charge is 0.480 e. The zero-order chi connectivity index (χ0) is 29.3. The van der Waals surface area contributed by atoms with Gasteiger partial charge in [0.1, 0.15) is 4.90 Å². The number of nitrogens with one attached hydrogen (secondary N) is 2. The van der Waals surface area contributed by atoms with E-state index < -0.39 is 0 Å². The molecular weight excluding hydrogens is 548 g/mol. The lowest BCUT2D eigenvalue weighted by molar-refractivity contribution is -0.115. The lowest BCUT2D eigenvalue weighted by Gasteiger charge is -2.32. The number of ether oxygens (including phenoxy) is 5. The highest BCUT2D eigenvalue weighted by Crippen LogP contribution is 2.41. The van der Waals surface area contributed by atoms with Crippen molar-refractivity contribution >= 4 is 29.3 Å². The SMILES string of the molecule is CCC(=O)Nc1cccc(Sc2c(OC)nc(N3CCC(NCCOCCOCCOCCN)CC3)nc2OC)c1. The predicted molar refractivity (Wildman–Crippen MR) is 159 cm³/mol. The number of amides is 1. The maximum atomic E-state index is 11.8. The fourth-order valence-electron chi connectivity index (χ4n) is 4.15. The number of benzene rings is 1. The van der Waals surface area contributed by atoms with E-state index in [4.69, 9.17) is 39.4 Å². The minimum atomic E-state index is -0.0375. The summed E-state index contributed by atoms with van der Waals surface area (Å²) in [7, 11) is 3.19. The summed E-state index contributed by atoms with van der Waals surface area (Å²) < 4.78 is 27.7. The number of rotatable bonds is 19. The lowest BCUT2D eigenvalue weighted by atomic mass is 10.1. The van der Waals surface area contributed by atoms with Crippen molar-refractivity contribution in [2.24, 2.45) is 5.73 Å². The molecule has 0 atom stereocenters. The molecular formula is C28H44N6O6S. The Morgan fingerprint density at radius 2 is 1.63 bits per heavy atom. The van der Waals surface area contributed by atoms with E-state index in [2.05, 4.69) is 15.5 Å². The maximum absolute atomic E-state index is 11.8. The van der Waals surface area contributed by atoms with Crippen LogP contribution >= 0.6 is 11.8 Å². The second-order valence-electron chi connectivity index (χ2n) is 9.24. The van der Waals surface area contributed by atoms with Crippen molar-refractivity contribution in [2.45, 2.75) is 42.0 Å². The Hall–Kier alpha value is -2.68.